The van der Waals surface area contributed by atoms with Gasteiger partial charge < -0.3 is 14.6 Å². The van der Waals surface area contributed by atoms with Crippen LogP contribution in [0.15, 0.2) is 30.3 Å². The fraction of sp³-hybridized carbons (Fsp3) is 0.250. The standard InChI is InChI=1S/C16H15FO3/c1-9-5-10(2)15(12(17)6-9)16(18)11-3-4-13-14(7-11)20-8-19-13/h3-7,16,18H,8H2,1-2H3. The number of benzene rings is 2. The molecule has 0 saturated heterocycles. The lowest BCUT2D eigenvalue weighted by molar-refractivity contribution is 0.173. The minimum Gasteiger partial charge on any atom is -0.454 e. The molecule has 1 atom stereocenters. The number of fused-ring (bicyclic) bond motifs is 1. The summed E-state index contributed by atoms with van der Waals surface area (Å²) < 4.78 is 24.6. The summed E-state index contributed by atoms with van der Waals surface area (Å²) in [5, 5.41) is 10.4. The molecule has 0 aromatic heterocycles. The molecule has 4 heteroatoms. The number of rotatable bonds is 2. The summed E-state index contributed by atoms with van der Waals surface area (Å²) in [6.45, 7) is 3.79. The largest absolute Gasteiger partial charge is 0.454 e. The van der Waals surface area contributed by atoms with Crippen molar-refractivity contribution in [3.8, 4) is 11.5 Å². The molecule has 3 rings (SSSR count). The Hall–Kier alpha value is -2.07. The summed E-state index contributed by atoms with van der Waals surface area (Å²) in [5.41, 5.74) is 2.45. The number of aryl methyl sites for hydroxylation is 2. The summed E-state index contributed by atoms with van der Waals surface area (Å²) in [6, 6.07) is 8.41. The van der Waals surface area contributed by atoms with Crippen molar-refractivity contribution < 1.29 is 19.0 Å². The van der Waals surface area contributed by atoms with Crippen molar-refractivity contribution in [3.05, 3.63) is 58.4 Å². The van der Waals surface area contributed by atoms with Gasteiger partial charge in [0.05, 0.1) is 0 Å². The quantitative estimate of drug-likeness (QED) is 0.913. The van der Waals surface area contributed by atoms with E-state index in [2.05, 4.69) is 0 Å². The van der Waals surface area contributed by atoms with E-state index in [9.17, 15) is 9.50 Å². The Morgan fingerprint density at radius 3 is 2.60 bits per heavy atom. The average Bonchev–Trinajstić information content (AvgIpc) is 2.84. The van der Waals surface area contributed by atoms with Gasteiger partial charge in [0.25, 0.3) is 0 Å². The van der Waals surface area contributed by atoms with E-state index in [0.29, 0.717) is 22.6 Å². The van der Waals surface area contributed by atoms with Crippen LogP contribution >= 0.6 is 0 Å². The molecule has 0 amide bonds. The lowest BCUT2D eigenvalue weighted by Crippen LogP contribution is -2.05. The molecule has 3 nitrogen and oxygen atoms in total. The van der Waals surface area contributed by atoms with Crippen molar-refractivity contribution in [1.29, 1.82) is 0 Å². The van der Waals surface area contributed by atoms with Gasteiger partial charge in [0.2, 0.25) is 6.79 Å². The van der Waals surface area contributed by atoms with E-state index >= 15 is 0 Å². The first-order valence-electron chi connectivity index (χ1n) is 6.40. The van der Waals surface area contributed by atoms with Gasteiger partial charge in [0.1, 0.15) is 11.9 Å². The van der Waals surface area contributed by atoms with Crippen LogP contribution in [-0.4, -0.2) is 11.9 Å². The second-order valence-corrected chi connectivity index (χ2v) is 4.99. The third kappa shape index (κ3) is 2.12. The Balaban J connectivity index is 2.03. The van der Waals surface area contributed by atoms with Gasteiger partial charge in [0, 0.05) is 5.56 Å². The normalized spacial score (nSPS) is 14.4. The molecule has 0 fully saturated rings. The molecule has 0 saturated carbocycles. The minimum atomic E-state index is -1.02. The molecule has 0 radical (unpaired) electrons. The van der Waals surface area contributed by atoms with Crippen LogP contribution < -0.4 is 9.47 Å². The second kappa shape index (κ2) is 4.80. The van der Waals surface area contributed by atoms with E-state index < -0.39 is 11.9 Å². The van der Waals surface area contributed by atoms with Gasteiger partial charge in [-0.1, -0.05) is 12.1 Å². The van der Waals surface area contributed by atoms with Crippen LogP contribution in [0.5, 0.6) is 11.5 Å². The fourth-order valence-corrected chi connectivity index (χ4v) is 2.52. The van der Waals surface area contributed by atoms with Crippen LogP contribution in [0.25, 0.3) is 0 Å². The van der Waals surface area contributed by atoms with Crippen LogP contribution in [0.2, 0.25) is 0 Å². The Labute approximate surface area is 116 Å². The van der Waals surface area contributed by atoms with Crippen molar-refractivity contribution in [1.82, 2.24) is 0 Å². The minimum absolute atomic E-state index is 0.173. The predicted octanol–water partition coefficient (Wildman–Crippen LogP) is 3.25. The number of halogens is 1. The average molecular weight is 274 g/mol. The third-order valence-corrected chi connectivity index (χ3v) is 3.47. The molecule has 1 unspecified atom stereocenters. The Morgan fingerprint density at radius 1 is 1.10 bits per heavy atom. The molecule has 0 aliphatic carbocycles. The molecule has 0 spiro atoms. The van der Waals surface area contributed by atoms with Gasteiger partial charge in [-0.3, -0.25) is 0 Å². The highest BCUT2D eigenvalue weighted by atomic mass is 19.1. The van der Waals surface area contributed by atoms with Gasteiger partial charge >= 0.3 is 0 Å². The van der Waals surface area contributed by atoms with E-state index in [1.54, 1.807) is 25.1 Å². The lowest BCUT2D eigenvalue weighted by Gasteiger charge is -2.16. The molecular formula is C16H15FO3. The van der Waals surface area contributed by atoms with Gasteiger partial charge in [-0.25, -0.2) is 4.39 Å². The Kier molecular flexibility index (Phi) is 3.10. The smallest absolute Gasteiger partial charge is 0.231 e. The van der Waals surface area contributed by atoms with Gasteiger partial charge in [-0.15, -0.1) is 0 Å². The van der Waals surface area contributed by atoms with Crippen molar-refractivity contribution in [2.45, 2.75) is 20.0 Å². The highest BCUT2D eigenvalue weighted by molar-refractivity contribution is 5.47. The van der Waals surface area contributed by atoms with E-state index in [1.807, 2.05) is 13.0 Å². The topological polar surface area (TPSA) is 38.7 Å². The molecule has 0 bridgehead atoms. The third-order valence-electron chi connectivity index (χ3n) is 3.47. The molecule has 1 aliphatic rings. The number of aliphatic hydroxyl groups excluding tert-OH is 1. The van der Waals surface area contributed by atoms with Crippen molar-refractivity contribution in [2.75, 3.05) is 6.79 Å². The monoisotopic (exact) mass is 274 g/mol. The maximum absolute atomic E-state index is 14.1. The first-order chi connectivity index (χ1) is 9.56. The zero-order valence-corrected chi connectivity index (χ0v) is 11.3. The molecule has 2 aromatic carbocycles. The molecule has 1 heterocycles. The zero-order chi connectivity index (χ0) is 14.3. The Bertz CT molecular complexity index is 644. The summed E-state index contributed by atoms with van der Waals surface area (Å²) in [7, 11) is 0. The van der Waals surface area contributed by atoms with Crippen LogP contribution in [0, 0.1) is 19.7 Å². The maximum Gasteiger partial charge on any atom is 0.231 e. The van der Waals surface area contributed by atoms with E-state index in [-0.39, 0.29) is 6.79 Å². The van der Waals surface area contributed by atoms with Crippen LogP contribution in [0.1, 0.15) is 28.4 Å². The summed E-state index contributed by atoms with van der Waals surface area (Å²) >= 11 is 0. The number of ether oxygens (including phenoxy) is 2. The van der Waals surface area contributed by atoms with Gasteiger partial charge in [-0.05, 0) is 48.7 Å². The van der Waals surface area contributed by atoms with Crippen molar-refractivity contribution >= 4 is 0 Å². The molecule has 1 N–H and O–H groups in total. The highest BCUT2D eigenvalue weighted by Crippen LogP contribution is 2.36. The first-order valence-corrected chi connectivity index (χ1v) is 6.40. The summed E-state index contributed by atoms with van der Waals surface area (Å²) in [4.78, 5) is 0. The van der Waals surface area contributed by atoms with Crippen LogP contribution in [0.3, 0.4) is 0 Å². The second-order valence-electron chi connectivity index (χ2n) is 4.99. The SMILES string of the molecule is Cc1cc(C)c(C(O)c2ccc3c(c2)OCO3)c(F)c1. The van der Waals surface area contributed by atoms with Gasteiger partial charge in [0.15, 0.2) is 11.5 Å². The zero-order valence-electron chi connectivity index (χ0n) is 11.3. The fourth-order valence-electron chi connectivity index (χ4n) is 2.52. The number of hydrogen-bond acceptors (Lipinski definition) is 3. The molecular weight excluding hydrogens is 259 g/mol. The predicted molar refractivity (Wildman–Crippen MR) is 72.5 cm³/mol. The number of aliphatic hydroxyl groups is 1. The van der Waals surface area contributed by atoms with E-state index in [0.717, 1.165) is 11.1 Å². The first kappa shape index (κ1) is 12.9. The molecule has 2 aromatic rings. The molecule has 20 heavy (non-hydrogen) atoms. The van der Waals surface area contributed by atoms with Crippen molar-refractivity contribution in [2.24, 2.45) is 0 Å². The van der Waals surface area contributed by atoms with Crippen LogP contribution in [0.4, 0.5) is 4.39 Å². The molecule has 104 valence electrons. The van der Waals surface area contributed by atoms with E-state index in [4.69, 9.17) is 9.47 Å². The van der Waals surface area contributed by atoms with Crippen molar-refractivity contribution in [3.63, 3.8) is 0 Å². The Morgan fingerprint density at radius 2 is 1.85 bits per heavy atom. The summed E-state index contributed by atoms with van der Waals surface area (Å²) in [5.74, 6) is 0.821. The number of hydrogen-bond donors (Lipinski definition) is 1. The van der Waals surface area contributed by atoms with Gasteiger partial charge in [-0.2, -0.15) is 0 Å². The van der Waals surface area contributed by atoms with E-state index in [1.165, 1.54) is 6.07 Å². The molecule has 1 aliphatic heterocycles. The summed E-state index contributed by atoms with van der Waals surface area (Å²) in [6.07, 6.45) is -1.02. The lowest BCUT2D eigenvalue weighted by atomic mass is 9.95. The van der Waals surface area contributed by atoms with Crippen LogP contribution in [-0.2, 0) is 0 Å². The highest BCUT2D eigenvalue weighted by Gasteiger charge is 2.21. The maximum atomic E-state index is 14.1.